The fourth-order valence-electron chi connectivity index (χ4n) is 3.27. The van der Waals surface area contributed by atoms with Gasteiger partial charge in [0.05, 0.1) is 19.2 Å². The number of fused-ring (bicyclic) bond motifs is 1. The van der Waals surface area contributed by atoms with E-state index in [1.54, 1.807) is 35.9 Å². The molecular formula is C23H19N3O3. The lowest BCUT2D eigenvalue weighted by atomic mass is 10.2. The highest BCUT2D eigenvalue weighted by molar-refractivity contribution is 5.97. The van der Waals surface area contributed by atoms with Crippen molar-refractivity contribution in [2.75, 3.05) is 7.11 Å². The molecule has 0 saturated carbocycles. The van der Waals surface area contributed by atoms with Gasteiger partial charge < -0.3 is 14.4 Å². The van der Waals surface area contributed by atoms with Gasteiger partial charge in [-0.05, 0) is 24.3 Å². The molecule has 6 heteroatoms. The summed E-state index contributed by atoms with van der Waals surface area (Å²) >= 11 is 0. The zero-order valence-electron chi connectivity index (χ0n) is 15.8. The van der Waals surface area contributed by atoms with Crippen LogP contribution in [0.2, 0.25) is 0 Å². The number of aromatic hydroxyl groups is 1. The number of aromatic nitrogens is 1. The third kappa shape index (κ3) is 3.60. The third-order valence-corrected chi connectivity index (χ3v) is 4.70. The van der Waals surface area contributed by atoms with E-state index < -0.39 is 5.91 Å². The van der Waals surface area contributed by atoms with Gasteiger partial charge in [-0.3, -0.25) is 4.79 Å². The molecule has 144 valence electrons. The van der Waals surface area contributed by atoms with Crippen molar-refractivity contribution in [1.29, 1.82) is 0 Å². The highest BCUT2D eigenvalue weighted by atomic mass is 16.5. The Morgan fingerprint density at radius 2 is 1.66 bits per heavy atom. The summed E-state index contributed by atoms with van der Waals surface area (Å²) in [4.78, 5) is 12.3. The molecule has 0 saturated heterocycles. The average Bonchev–Trinajstić information content (AvgIpc) is 3.04. The molecule has 0 aliphatic heterocycles. The summed E-state index contributed by atoms with van der Waals surface area (Å²) in [6, 6.07) is 23.8. The van der Waals surface area contributed by atoms with Gasteiger partial charge in [0, 0.05) is 16.5 Å². The van der Waals surface area contributed by atoms with E-state index in [1.165, 1.54) is 0 Å². The SMILES string of the molecule is COc1ccccc1Cn1c(O)c(N=NC(=O)c2ccccc2)c2ccccc21. The number of para-hydroxylation sites is 2. The molecule has 29 heavy (non-hydrogen) atoms. The molecule has 0 bridgehead atoms. The number of carbonyl (C=O) groups excluding carboxylic acids is 1. The summed E-state index contributed by atoms with van der Waals surface area (Å²) in [6.45, 7) is 0.387. The number of hydrogen-bond donors (Lipinski definition) is 1. The van der Waals surface area contributed by atoms with Crippen LogP contribution < -0.4 is 4.74 Å². The Kier molecular flexibility index (Phi) is 5.07. The number of ether oxygens (including phenoxy) is 1. The predicted molar refractivity (Wildman–Crippen MR) is 111 cm³/mol. The molecule has 0 atom stereocenters. The maximum Gasteiger partial charge on any atom is 0.295 e. The number of azo groups is 1. The molecule has 1 N–H and O–H groups in total. The van der Waals surface area contributed by atoms with Crippen molar-refractivity contribution in [1.82, 2.24) is 4.57 Å². The zero-order valence-corrected chi connectivity index (χ0v) is 15.8. The Morgan fingerprint density at radius 3 is 2.45 bits per heavy atom. The van der Waals surface area contributed by atoms with Crippen LogP contribution in [0.25, 0.3) is 10.9 Å². The first-order chi connectivity index (χ1) is 14.2. The summed E-state index contributed by atoms with van der Waals surface area (Å²) in [5, 5.41) is 19.5. The predicted octanol–water partition coefficient (Wildman–Crippen LogP) is 5.33. The number of carbonyl (C=O) groups is 1. The molecule has 0 unspecified atom stereocenters. The molecule has 3 aromatic carbocycles. The first-order valence-electron chi connectivity index (χ1n) is 9.12. The van der Waals surface area contributed by atoms with Gasteiger partial charge in [0.2, 0.25) is 5.88 Å². The fourth-order valence-corrected chi connectivity index (χ4v) is 3.27. The van der Waals surface area contributed by atoms with E-state index in [-0.39, 0.29) is 11.6 Å². The molecule has 1 aromatic heterocycles. The normalized spacial score (nSPS) is 11.2. The van der Waals surface area contributed by atoms with Gasteiger partial charge in [0.15, 0.2) is 5.69 Å². The summed E-state index contributed by atoms with van der Waals surface area (Å²) in [5.41, 5.74) is 2.40. The Hall–Kier alpha value is -3.93. The summed E-state index contributed by atoms with van der Waals surface area (Å²) in [5.74, 6) is 0.209. The van der Waals surface area contributed by atoms with E-state index >= 15 is 0 Å². The van der Waals surface area contributed by atoms with Crippen LogP contribution in [-0.2, 0) is 6.54 Å². The monoisotopic (exact) mass is 385 g/mol. The van der Waals surface area contributed by atoms with Crippen molar-refractivity contribution < 1.29 is 14.6 Å². The first-order valence-corrected chi connectivity index (χ1v) is 9.12. The molecule has 0 fully saturated rings. The van der Waals surface area contributed by atoms with Gasteiger partial charge in [-0.25, -0.2) is 0 Å². The summed E-state index contributed by atoms with van der Waals surface area (Å²) in [7, 11) is 1.61. The van der Waals surface area contributed by atoms with Crippen LogP contribution in [0.1, 0.15) is 15.9 Å². The third-order valence-electron chi connectivity index (χ3n) is 4.70. The highest BCUT2D eigenvalue weighted by Crippen LogP contribution is 2.39. The molecule has 4 rings (SSSR count). The minimum atomic E-state index is -0.466. The molecular weight excluding hydrogens is 366 g/mol. The largest absolute Gasteiger partial charge is 0.496 e. The molecule has 0 radical (unpaired) electrons. The molecule has 6 nitrogen and oxygen atoms in total. The minimum Gasteiger partial charge on any atom is -0.496 e. The number of hydrogen-bond acceptors (Lipinski definition) is 4. The Balaban J connectivity index is 1.75. The maximum atomic E-state index is 12.3. The topological polar surface area (TPSA) is 76.2 Å². The maximum absolute atomic E-state index is 12.3. The van der Waals surface area contributed by atoms with Crippen molar-refractivity contribution in [3.8, 4) is 11.6 Å². The summed E-state index contributed by atoms with van der Waals surface area (Å²) < 4.78 is 7.15. The van der Waals surface area contributed by atoms with Crippen molar-refractivity contribution in [2.45, 2.75) is 6.54 Å². The van der Waals surface area contributed by atoms with Gasteiger partial charge in [-0.15, -0.1) is 10.2 Å². The number of nitrogens with zero attached hydrogens (tertiary/aromatic N) is 3. The Bertz CT molecular complexity index is 1200. The standard InChI is InChI=1S/C23H19N3O3/c1-29-20-14-8-5-11-17(20)15-26-19-13-7-6-12-18(19)21(23(26)28)24-25-22(27)16-9-3-2-4-10-16/h2-14,28H,15H2,1H3. The van der Waals surface area contributed by atoms with E-state index in [1.807, 2.05) is 54.6 Å². The number of amides is 1. The Morgan fingerprint density at radius 1 is 0.966 bits per heavy atom. The molecule has 4 aromatic rings. The second-order valence-corrected chi connectivity index (χ2v) is 6.46. The highest BCUT2D eigenvalue weighted by Gasteiger charge is 2.18. The van der Waals surface area contributed by atoms with E-state index in [4.69, 9.17) is 4.74 Å². The average molecular weight is 385 g/mol. The quantitative estimate of drug-likeness (QED) is 0.472. The van der Waals surface area contributed by atoms with Gasteiger partial charge in [-0.1, -0.05) is 54.6 Å². The van der Waals surface area contributed by atoms with Crippen LogP contribution in [0, 0.1) is 0 Å². The molecule has 1 heterocycles. The fraction of sp³-hybridized carbons (Fsp3) is 0.0870. The molecule has 0 aliphatic rings. The van der Waals surface area contributed by atoms with Crippen LogP contribution in [0.15, 0.2) is 89.1 Å². The number of benzene rings is 3. The van der Waals surface area contributed by atoms with Crippen LogP contribution in [0.4, 0.5) is 5.69 Å². The molecule has 0 spiro atoms. The van der Waals surface area contributed by atoms with E-state index in [2.05, 4.69) is 10.2 Å². The van der Waals surface area contributed by atoms with Crippen LogP contribution in [0.3, 0.4) is 0 Å². The van der Waals surface area contributed by atoms with Crippen molar-refractivity contribution in [3.63, 3.8) is 0 Å². The zero-order chi connectivity index (χ0) is 20.2. The second-order valence-electron chi connectivity index (χ2n) is 6.46. The van der Waals surface area contributed by atoms with Gasteiger partial charge in [0.1, 0.15) is 5.75 Å². The van der Waals surface area contributed by atoms with Crippen LogP contribution in [-0.4, -0.2) is 22.7 Å². The van der Waals surface area contributed by atoms with E-state index in [0.29, 0.717) is 17.5 Å². The van der Waals surface area contributed by atoms with Gasteiger partial charge >= 0.3 is 0 Å². The number of rotatable bonds is 5. The smallest absolute Gasteiger partial charge is 0.295 e. The second kappa shape index (κ2) is 7.98. The van der Waals surface area contributed by atoms with Gasteiger partial charge in [0.25, 0.3) is 5.91 Å². The Labute approximate surface area is 167 Å². The van der Waals surface area contributed by atoms with Crippen LogP contribution in [0.5, 0.6) is 11.6 Å². The van der Waals surface area contributed by atoms with Crippen LogP contribution >= 0.6 is 0 Å². The number of methoxy groups -OCH3 is 1. The van der Waals surface area contributed by atoms with Crippen molar-refractivity contribution in [2.24, 2.45) is 10.2 Å². The lowest BCUT2D eigenvalue weighted by Gasteiger charge is -2.11. The minimum absolute atomic E-state index is 0.0540. The van der Waals surface area contributed by atoms with E-state index in [9.17, 15) is 9.90 Å². The lowest BCUT2D eigenvalue weighted by Crippen LogP contribution is -2.01. The van der Waals surface area contributed by atoms with Crippen molar-refractivity contribution in [3.05, 3.63) is 90.0 Å². The summed E-state index contributed by atoms with van der Waals surface area (Å²) in [6.07, 6.45) is 0. The lowest BCUT2D eigenvalue weighted by molar-refractivity contribution is 0.0995. The molecule has 1 amide bonds. The van der Waals surface area contributed by atoms with E-state index in [0.717, 1.165) is 16.8 Å². The van der Waals surface area contributed by atoms with Gasteiger partial charge in [-0.2, -0.15) is 0 Å². The molecule has 0 aliphatic carbocycles. The first kappa shape index (κ1) is 18.4. The van der Waals surface area contributed by atoms with Crippen molar-refractivity contribution >= 4 is 22.5 Å².